The topological polar surface area (TPSA) is 53.9 Å². The Morgan fingerprint density at radius 3 is 2.78 bits per heavy atom. The number of carbonyl (C=O) groups is 1. The summed E-state index contributed by atoms with van der Waals surface area (Å²) in [5.41, 5.74) is 2.79. The van der Waals surface area contributed by atoms with Crippen LogP contribution in [0, 0.1) is 0 Å². The highest BCUT2D eigenvalue weighted by atomic mass is 19.3. The van der Waals surface area contributed by atoms with Gasteiger partial charge in [0, 0.05) is 18.5 Å². The van der Waals surface area contributed by atoms with Crippen molar-refractivity contribution in [3.05, 3.63) is 29.8 Å². The molecule has 0 unspecified atom stereocenters. The molecule has 0 radical (unpaired) electrons. The van der Waals surface area contributed by atoms with Crippen molar-refractivity contribution in [2.75, 3.05) is 19.6 Å². The fourth-order valence-electron chi connectivity index (χ4n) is 2.46. The first-order valence-corrected chi connectivity index (χ1v) is 7.73. The molecular weight excluding hydrogens is 304 g/mol. The zero-order valence-electron chi connectivity index (χ0n) is 12.9. The van der Waals surface area contributed by atoms with Crippen LogP contribution in [0.2, 0.25) is 0 Å². The molecule has 1 saturated heterocycles. The number of hydrogen-bond acceptors (Lipinski definition) is 4. The van der Waals surface area contributed by atoms with Crippen molar-refractivity contribution in [2.45, 2.75) is 32.3 Å². The van der Waals surface area contributed by atoms with Crippen LogP contribution < -0.4 is 10.2 Å². The normalized spacial score (nSPS) is 16.0. The van der Waals surface area contributed by atoms with Crippen LogP contribution >= 0.6 is 0 Å². The molecule has 1 amide bonds. The Balaban J connectivity index is 1.78. The minimum atomic E-state index is -2.90. The number of benzene rings is 1. The summed E-state index contributed by atoms with van der Waals surface area (Å²) in [7, 11) is 0. The summed E-state index contributed by atoms with van der Waals surface area (Å²) in [5.74, 6) is -0.173. The number of nitrogens with zero attached hydrogens (tertiary/aromatic N) is 2. The van der Waals surface area contributed by atoms with Gasteiger partial charge in [-0.25, -0.2) is 5.43 Å². The molecule has 0 spiro atoms. The van der Waals surface area contributed by atoms with E-state index in [1.807, 2.05) is 0 Å². The molecule has 1 aromatic carbocycles. The largest absolute Gasteiger partial charge is 0.434 e. The van der Waals surface area contributed by atoms with E-state index in [1.54, 1.807) is 18.2 Å². The molecule has 1 heterocycles. The quantitative estimate of drug-likeness (QED) is 0.619. The molecule has 0 aliphatic carbocycles. The molecule has 0 atom stereocenters. The molecule has 0 saturated carbocycles. The molecule has 1 N–H and O–H groups in total. The van der Waals surface area contributed by atoms with Gasteiger partial charge >= 0.3 is 6.61 Å². The second-order valence-electron chi connectivity index (χ2n) is 5.36. The van der Waals surface area contributed by atoms with Crippen LogP contribution in [0.3, 0.4) is 0 Å². The van der Waals surface area contributed by atoms with E-state index < -0.39 is 6.61 Å². The van der Waals surface area contributed by atoms with Gasteiger partial charge in [-0.2, -0.15) is 13.9 Å². The SMILES string of the molecule is O=C(CCN1CCCCC1)NN=Cc1ccccc1OC(F)F. The molecule has 1 aliphatic rings. The average Bonchev–Trinajstić information content (AvgIpc) is 2.55. The maximum Gasteiger partial charge on any atom is 0.387 e. The first-order valence-electron chi connectivity index (χ1n) is 7.73. The minimum absolute atomic E-state index is 0.0221. The molecule has 2 rings (SSSR count). The van der Waals surface area contributed by atoms with Crippen LogP contribution in [0.5, 0.6) is 5.75 Å². The lowest BCUT2D eigenvalue weighted by Crippen LogP contribution is -2.33. The van der Waals surface area contributed by atoms with Crippen molar-refractivity contribution in [3.8, 4) is 5.75 Å². The monoisotopic (exact) mass is 325 g/mol. The summed E-state index contributed by atoms with van der Waals surface area (Å²) < 4.78 is 29.0. The number of halogens is 2. The molecular formula is C16H21F2N3O2. The number of carbonyl (C=O) groups excluding carboxylic acids is 1. The van der Waals surface area contributed by atoms with Gasteiger partial charge in [-0.3, -0.25) is 4.79 Å². The van der Waals surface area contributed by atoms with E-state index in [0.29, 0.717) is 18.5 Å². The highest BCUT2D eigenvalue weighted by Crippen LogP contribution is 2.18. The third kappa shape index (κ3) is 6.32. The van der Waals surface area contributed by atoms with Crippen molar-refractivity contribution in [1.29, 1.82) is 0 Å². The van der Waals surface area contributed by atoms with Gasteiger partial charge in [-0.15, -0.1) is 0 Å². The van der Waals surface area contributed by atoms with Gasteiger partial charge in [0.1, 0.15) is 5.75 Å². The van der Waals surface area contributed by atoms with Crippen LogP contribution in [-0.2, 0) is 4.79 Å². The second-order valence-corrected chi connectivity index (χ2v) is 5.36. The number of alkyl halides is 2. The third-order valence-electron chi connectivity index (χ3n) is 3.63. The van der Waals surface area contributed by atoms with Gasteiger partial charge in [-0.1, -0.05) is 18.6 Å². The zero-order valence-corrected chi connectivity index (χ0v) is 12.9. The van der Waals surface area contributed by atoms with Gasteiger partial charge < -0.3 is 9.64 Å². The summed E-state index contributed by atoms with van der Waals surface area (Å²) in [6, 6.07) is 6.27. The van der Waals surface area contributed by atoms with Crippen molar-refractivity contribution in [3.63, 3.8) is 0 Å². The van der Waals surface area contributed by atoms with Crippen LogP contribution in [-0.4, -0.2) is 43.3 Å². The highest BCUT2D eigenvalue weighted by Gasteiger charge is 2.11. The summed E-state index contributed by atoms with van der Waals surface area (Å²) in [4.78, 5) is 14.0. The second kappa shape index (κ2) is 9.19. The Labute approximate surface area is 134 Å². The van der Waals surface area contributed by atoms with Crippen molar-refractivity contribution in [2.24, 2.45) is 5.10 Å². The molecule has 7 heteroatoms. The molecule has 1 aromatic rings. The predicted octanol–water partition coefficient (Wildman–Crippen LogP) is 2.61. The maximum absolute atomic E-state index is 12.3. The molecule has 0 bridgehead atoms. The zero-order chi connectivity index (χ0) is 16.5. The fourth-order valence-corrected chi connectivity index (χ4v) is 2.46. The number of para-hydroxylation sites is 1. The third-order valence-corrected chi connectivity index (χ3v) is 3.63. The van der Waals surface area contributed by atoms with Crippen molar-refractivity contribution < 1.29 is 18.3 Å². The molecule has 1 fully saturated rings. The summed E-state index contributed by atoms with van der Waals surface area (Å²) in [6.07, 6.45) is 5.29. The van der Waals surface area contributed by atoms with Crippen molar-refractivity contribution >= 4 is 12.1 Å². The molecule has 5 nitrogen and oxygen atoms in total. The van der Waals surface area contributed by atoms with Crippen LogP contribution in [0.1, 0.15) is 31.2 Å². The molecule has 126 valence electrons. The summed E-state index contributed by atoms with van der Waals surface area (Å²) in [6.45, 7) is -0.111. The lowest BCUT2D eigenvalue weighted by Gasteiger charge is -2.25. The lowest BCUT2D eigenvalue weighted by molar-refractivity contribution is -0.121. The number of rotatable bonds is 7. The fraction of sp³-hybridized carbons (Fsp3) is 0.500. The van der Waals surface area contributed by atoms with Crippen molar-refractivity contribution in [1.82, 2.24) is 10.3 Å². The Morgan fingerprint density at radius 2 is 2.04 bits per heavy atom. The van der Waals surface area contributed by atoms with Crippen LogP contribution in [0.15, 0.2) is 29.4 Å². The number of piperidine rings is 1. The number of hydrogen-bond donors (Lipinski definition) is 1. The Kier molecular flexibility index (Phi) is 6.93. The lowest BCUT2D eigenvalue weighted by atomic mass is 10.1. The van der Waals surface area contributed by atoms with Gasteiger partial charge in [0.15, 0.2) is 0 Å². The minimum Gasteiger partial charge on any atom is -0.434 e. The first kappa shape index (κ1) is 17.3. The van der Waals surface area contributed by atoms with Gasteiger partial charge in [0.2, 0.25) is 5.91 Å². The molecule has 1 aliphatic heterocycles. The number of nitrogens with one attached hydrogen (secondary N) is 1. The standard InChI is InChI=1S/C16H21F2N3O2/c17-16(18)23-14-7-3-2-6-13(14)12-19-20-15(22)8-11-21-9-4-1-5-10-21/h2-3,6-7,12,16H,1,4-5,8-11H2,(H,20,22). The van der Waals surface area contributed by atoms with E-state index in [9.17, 15) is 13.6 Å². The van der Waals surface area contributed by atoms with Crippen LogP contribution in [0.25, 0.3) is 0 Å². The van der Waals surface area contributed by atoms with E-state index in [4.69, 9.17) is 0 Å². The van der Waals surface area contributed by atoms with Crippen LogP contribution in [0.4, 0.5) is 8.78 Å². The average molecular weight is 325 g/mol. The van der Waals surface area contributed by atoms with E-state index in [2.05, 4.69) is 20.2 Å². The van der Waals surface area contributed by atoms with E-state index in [1.165, 1.54) is 31.5 Å². The van der Waals surface area contributed by atoms with E-state index >= 15 is 0 Å². The molecule has 0 aromatic heterocycles. The van der Waals surface area contributed by atoms with Gasteiger partial charge in [0.05, 0.1) is 6.21 Å². The Hall–Kier alpha value is -2.02. The van der Waals surface area contributed by atoms with E-state index in [0.717, 1.165) is 13.1 Å². The van der Waals surface area contributed by atoms with Gasteiger partial charge in [0.25, 0.3) is 0 Å². The number of likely N-dealkylation sites (tertiary alicyclic amines) is 1. The Bertz CT molecular complexity index is 532. The predicted molar refractivity (Wildman–Crippen MR) is 83.7 cm³/mol. The van der Waals surface area contributed by atoms with E-state index in [-0.39, 0.29) is 11.7 Å². The van der Waals surface area contributed by atoms with Gasteiger partial charge in [-0.05, 0) is 38.1 Å². The maximum atomic E-state index is 12.3. The number of amides is 1. The number of ether oxygens (including phenoxy) is 1. The smallest absolute Gasteiger partial charge is 0.387 e. The summed E-state index contributed by atoms with van der Waals surface area (Å²) in [5, 5.41) is 3.81. The molecule has 23 heavy (non-hydrogen) atoms. The number of hydrazone groups is 1. The summed E-state index contributed by atoms with van der Waals surface area (Å²) >= 11 is 0. The Morgan fingerprint density at radius 1 is 1.30 bits per heavy atom. The first-order chi connectivity index (χ1) is 11.1. The highest BCUT2D eigenvalue weighted by molar-refractivity contribution is 5.85.